The van der Waals surface area contributed by atoms with Crippen molar-refractivity contribution in [1.82, 2.24) is 10.6 Å². The first kappa shape index (κ1) is 4.35. The van der Waals surface area contributed by atoms with Crippen LogP contribution in [0, 0.1) is 0 Å². The summed E-state index contributed by atoms with van der Waals surface area (Å²) in [6, 6.07) is -8.27. The molecule has 2 amide bonds. The average Bonchev–Trinajstić information content (AvgIpc) is 2.63. The molecule has 0 spiro atoms. The van der Waals surface area contributed by atoms with Crippen molar-refractivity contribution in [3.8, 4) is 0 Å². The standard InChI is InChI=1S/C13H18N2O3/c1-10(16)15-12(9-18-2)13(17)14-8-11-6-4-3-5-7-11/h3-7,12H,8-9H2,1-2H3,(H,14,17)(H,15,16)/i1D3,3D,4D,5D,6D,7D,8D2,9D2,12D. The van der Waals surface area contributed by atoms with Gasteiger partial charge in [-0.25, -0.2) is 0 Å². The Morgan fingerprint density at radius 3 is 2.89 bits per heavy atom. The van der Waals surface area contributed by atoms with E-state index in [1.54, 1.807) is 0 Å². The van der Waals surface area contributed by atoms with Crippen molar-refractivity contribution >= 4 is 11.8 Å². The second kappa shape index (κ2) is 7.45. The van der Waals surface area contributed by atoms with Gasteiger partial charge in [0.15, 0.2) is 0 Å². The summed E-state index contributed by atoms with van der Waals surface area (Å²) >= 11 is 0. The summed E-state index contributed by atoms with van der Waals surface area (Å²) in [5, 5.41) is 2.83. The topological polar surface area (TPSA) is 67.4 Å². The van der Waals surface area contributed by atoms with Crippen LogP contribution in [0.3, 0.4) is 0 Å². The number of rotatable bonds is 6. The molecule has 1 aromatic carbocycles. The van der Waals surface area contributed by atoms with Crippen LogP contribution in [0.2, 0.25) is 0 Å². The number of hydrogen-bond acceptors (Lipinski definition) is 3. The van der Waals surface area contributed by atoms with Crippen molar-refractivity contribution in [2.24, 2.45) is 0 Å². The Bertz CT molecular complexity index is 873. The highest BCUT2D eigenvalue weighted by Gasteiger charge is 2.18. The normalized spacial score (nSPS) is 26.2. The molecule has 5 nitrogen and oxygen atoms in total. The number of amides is 2. The predicted octanol–water partition coefficient (Wildman–Crippen LogP) is 0.454. The number of carbonyl (C=O) groups is 2. The van der Waals surface area contributed by atoms with Crippen molar-refractivity contribution in [3.63, 3.8) is 0 Å². The van der Waals surface area contributed by atoms with E-state index in [9.17, 15) is 9.59 Å². The van der Waals surface area contributed by atoms with Crippen molar-refractivity contribution < 1.29 is 32.1 Å². The van der Waals surface area contributed by atoms with Crippen LogP contribution in [0.25, 0.3) is 0 Å². The summed E-state index contributed by atoms with van der Waals surface area (Å²) in [6.45, 7) is -10.1. The fraction of sp³-hybridized carbons (Fsp3) is 0.385. The van der Waals surface area contributed by atoms with Gasteiger partial charge in [-0.1, -0.05) is 30.2 Å². The van der Waals surface area contributed by atoms with Gasteiger partial charge >= 0.3 is 0 Å². The van der Waals surface area contributed by atoms with E-state index in [0.29, 0.717) is 7.11 Å². The number of ether oxygens (including phenoxy) is 1. The molecule has 0 aliphatic rings. The van der Waals surface area contributed by atoms with Gasteiger partial charge in [-0.15, -0.1) is 0 Å². The molecule has 0 fully saturated rings. The van der Waals surface area contributed by atoms with Crippen molar-refractivity contribution in [1.29, 1.82) is 0 Å². The van der Waals surface area contributed by atoms with Crippen LogP contribution in [0.4, 0.5) is 0 Å². The molecule has 1 aromatic rings. The number of methoxy groups -OCH3 is 1. The fourth-order valence-electron chi connectivity index (χ4n) is 0.838. The van der Waals surface area contributed by atoms with Gasteiger partial charge in [0.1, 0.15) is 6.02 Å². The smallest absolute Gasteiger partial charge is 0.245 e. The summed E-state index contributed by atoms with van der Waals surface area (Å²) in [4.78, 5) is 24.5. The van der Waals surface area contributed by atoms with Crippen LogP contribution >= 0.6 is 0 Å². The predicted molar refractivity (Wildman–Crippen MR) is 67.8 cm³/mol. The highest BCUT2D eigenvalue weighted by molar-refractivity contribution is 5.86. The molecule has 18 heavy (non-hydrogen) atoms. The van der Waals surface area contributed by atoms with Gasteiger partial charge < -0.3 is 15.4 Å². The Labute approximate surface area is 125 Å². The largest absolute Gasteiger partial charge is 0.382 e. The Balaban J connectivity index is 3.54. The second-order valence-electron chi connectivity index (χ2n) is 2.71. The average molecular weight is 263 g/mol. The number of nitrogens with one attached hydrogen (secondary N) is 2. The van der Waals surface area contributed by atoms with E-state index in [4.69, 9.17) is 17.8 Å². The lowest BCUT2D eigenvalue weighted by atomic mass is 10.2. The third kappa shape index (κ3) is 4.97. The SMILES string of the molecule is [2H]c1c([2H])c([2H])c(C([2H])([2H])NC(=O)C([2H])(NC(=O)C([2H])([2H])[2H])C([2H])([2H])OC)c([2H])c1[2H]. The summed E-state index contributed by atoms with van der Waals surface area (Å²) in [5.74, 6) is -3.87. The minimum Gasteiger partial charge on any atom is -0.382 e. The Morgan fingerprint density at radius 1 is 1.56 bits per heavy atom. The van der Waals surface area contributed by atoms with Crippen molar-refractivity contribution in [2.75, 3.05) is 13.7 Å². The Hall–Kier alpha value is -1.88. The third-order valence-corrected chi connectivity index (χ3v) is 1.47. The van der Waals surface area contributed by atoms with E-state index in [1.165, 1.54) is 10.6 Å². The zero-order chi connectivity index (χ0) is 24.7. The van der Waals surface area contributed by atoms with Crippen molar-refractivity contribution in [2.45, 2.75) is 19.4 Å². The van der Waals surface area contributed by atoms with E-state index < -0.39 is 73.5 Å². The second-order valence-corrected chi connectivity index (χ2v) is 2.71. The summed E-state index contributed by atoms with van der Waals surface area (Å²) in [5.41, 5.74) is -1.03. The molecule has 0 aliphatic carbocycles. The summed E-state index contributed by atoms with van der Waals surface area (Å²) < 4.78 is 103. The quantitative estimate of drug-likeness (QED) is 0.783. The molecule has 1 unspecified atom stereocenters. The van der Waals surface area contributed by atoms with Crippen LogP contribution in [0.15, 0.2) is 30.2 Å². The molecule has 1 atom stereocenters. The van der Waals surface area contributed by atoms with Crippen LogP contribution in [0.5, 0.6) is 0 Å². The third-order valence-electron chi connectivity index (χ3n) is 1.47. The number of carbonyl (C=O) groups excluding carboxylic acids is 2. The lowest BCUT2D eigenvalue weighted by Gasteiger charge is -2.16. The maximum atomic E-state index is 12.7. The molecule has 5 heteroatoms. The van der Waals surface area contributed by atoms with E-state index >= 15 is 0 Å². The highest BCUT2D eigenvalue weighted by Crippen LogP contribution is 1.97. The van der Waals surface area contributed by atoms with E-state index in [0.717, 1.165) is 0 Å². The molecule has 0 saturated heterocycles. The van der Waals surface area contributed by atoms with Gasteiger partial charge in [0.05, 0.1) is 20.3 Å². The van der Waals surface area contributed by atoms with Crippen LogP contribution in [0.1, 0.15) is 30.2 Å². The Morgan fingerprint density at radius 2 is 2.28 bits per heavy atom. The summed E-state index contributed by atoms with van der Waals surface area (Å²) in [7, 11) is 0.697. The lowest BCUT2D eigenvalue weighted by molar-refractivity contribution is -0.129. The monoisotopic (exact) mass is 263 g/mol. The van der Waals surface area contributed by atoms with Gasteiger partial charge in [-0.05, 0) is 5.56 Å². The van der Waals surface area contributed by atoms with E-state index in [-0.39, 0.29) is 0 Å². The van der Waals surface area contributed by atoms with Crippen LogP contribution in [-0.2, 0) is 20.8 Å². The molecule has 98 valence electrons. The first-order chi connectivity index (χ1) is 13.7. The maximum Gasteiger partial charge on any atom is 0.245 e. The molecule has 0 aromatic heterocycles. The lowest BCUT2D eigenvalue weighted by Crippen LogP contribution is -2.48. The maximum absolute atomic E-state index is 12.7. The highest BCUT2D eigenvalue weighted by atomic mass is 16.5. The molecule has 0 heterocycles. The van der Waals surface area contributed by atoms with Gasteiger partial charge in [-0.2, -0.15) is 0 Å². The van der Waals surface area contributed by atoms with E-state index in [1.807, 2.05) is 0 Å². The fourth-order valence-corrected chi connectivity index (χ4v) is 0.838. The van der Waals surface area contributed by atoms with E-state index in [2.05, 4.69) is 4.74 Å². The van der Waals surface area contributed by atoms with Crippen molar-refractivity contribution in [3.05, 3.63) is 35.8 Å². The minimum absolute atomic E-state index is 0.697. The molecular formula is C13H18N2O3. The first-order valence-corrected chi connectivity index (χ1v) is 4.52. The molecule has 0 saturated carbocycles. The van der Waals surface area contributed by atoms with Crippen LogP contribution in [-0.4, -0.2) is 31.5 Å². The molecule has 1 rings (SSSR count). The molecule has 0 bridgehead atoms. The molecule has 0 radical (unpaired) electrons. The molecule has 0 aliphatic heterocycles. The Kier molecular flexibility index (Phi) is 1.80. The minimum atomic E-state index is -3.55. The number of hydrogen-bond donors (Lipinski definition) is 2. The number of benzene rings is 1. The zero-order valence-corrected chi connectivity index (χ0v) is 9.22. The first-order valence-electron chi connectivity index (χ1n) is 11.0. The zero-order valence-electron chi connectivity index (χ0n) is 22.2. The molecular weight excluding hydrogens is 232 g/mol. The summed E-state index contributed by atoms with van der Waals surface area (Å²) in [6.07, 6.45) is 0. The van der Waals surface area contributed by atoms with Gasteiger partial charge in [0.25, 0.3) is 0 Å². The van der Waals surface area contributed by atoms with Gasteiger partial charge in [-0.3, -0.25) is 9.59 Å². The van der Waals surface area contributed by atoms with Gasteiger partial charge in [0.2, 0.25) is 11.8 Å². The molecule has 2 N–H and O–H groups in total. The van der Waals surface area contributed by atoms with Gasteiger partial charge in [0, 0.05) is 24.6 Å². The van der Waals surface area contributed by atoms with Crippen LogP contribution < -0.4 is 10.6 Å².